The van der Waals surface area contributed by atoms with Crippen molar-refractivity contribution >= 4 is 17.7 Å². The van der Waals surface area contributed by atoms with Crippen LogP contribution in [-0.4, -0.2) is 28.1 Å². The molecule has 0 saturated heterocycles. The maximum atomic E-state index is 11.5. The second kappa shape index (κ2) is 5.21. The topological polar surface area (TPSA) is 52.3 Å². The van der Waals surface area contributed by atoms with Crippen molar-refractivity contribution < 1.29 is 9.53 Å². The highest BCUT2D eigenvalue weighted by atomic mass is 32.2. The van der Waals surface area contributed by atoms with Crippen LogP contribution in [0.5, 0.6) is 0 Å². The van der Waals surface area contributed by atoms with Crippen molar-refractivity contribution in [1.82, 2.24) is 0 Å². The van der Waals surface area contributed by atoms with Gasteiger partial charge in [-0.2, -0.15) is 11.8 Å². The summed E-state index contributed by atoms with van der Waals surface area (Å²) in [6.45, 7) is 11.8. The van der Waals surface area contributed by atoms with Crippen LogP contribution < -0.4 is 5.73 Å². The Morgan fingerprint density at radius 1 is 1.27 bits per heavy atom. The number of rotatable bonds is 3. The first kappa shape index (κ1) is 14.8. The molecule has 0 spiro atoms. The highest BCUT2D eigenvalue weighted by molar-refractivity contribution is 8.00. The van der Waals surface area contributed by atoms with Crippen molar-refractivity contribution in [3.63, 3.8) is 0 Å². The SMILES string of the molecule is CC(C)(C)OC(=O)C(N)CSC(C)(C)C. The maximum Gasteiger partial charge on any atom is 0.324 e. The van der Waals surface area contributed by atoms with Gasteiger partial charge in [-0.3, -0.25) is 4.79 Å². The van der Waals surface area contributed by atoms with E-state index in [2.05, 4.69) is 20.8 Å². The van der Waals surface area contributed by atoms with Crippen LogP contribution in [0, 0.1) is 0 Å². The summed E-state index contributed by atoms with van der Waals surface area (Å²) in [5.41, 5.74) is 5.28. The van der Waals surface area contributed by atoms with E-state index in [1.165, 1.54) is 0 Å². The summed E-state index contributed by atoms with van der Waals surface area (Å²) >= 11 is 1.67. The van der Waals surface area contributed by atoms with Gasteiger partial charge in [0.05, 0.1) is 0 Å². The first-order valence-corrected chi connectivity index (χ1v) is 6.12. The van der Waals surface area contributed by atoms with Gasteiger partial charge in [-0.15, -0.1) is 0 Å². The largest absolute Gasteiger partial charge is 0.459 e. The summed E-state index contributed by atoms with van der Waals surface area (Å²) in [7, 11) is 0. The lowest BCUT2D eigenvalue weighted by Gasteiger charge is -2.24. The van der Waals surface area contributed by atoms with Crippen molar-refractivity contribution in [3.05, 3.63) is 0 Å². The molecule has 15 heavy (non-hydrogen) atoms. The highest BCUT2D eigenvalue weighted by Gasteiger charge is 2.23. The number of hydrogen-bond donors (Lipinski definition) is 1. The molecule has 0 aromatic heterocycles. The van der Waals surface area contributed by atoms with E-state index >= 15 is 0 Å². The van der Waals surface area contributed by atoms with Gasteiger partial charge in [0.1, 0.15) is 11.6 Å². The normalized spacial score (nSPS) is 14.9. The van der Waals surface area contributed by atoms with Crippen LogP contribution >= 0.6 is 11.8 Å². The molecule has 0 aromatic carbocycles. The lowest BCUT2D eigenvalue weighted by atomic mass is 10.2. The van der Waals surface area contributed by atoms with Gasteiger partial charge in [0.25, 0.3) is 0 Å². The van der Waals surface area contributed by atoms with Gasteiger partial charge < -0.3 is 10.5 Å². The Labute approximate surface area is 97.1 Å². The molecular weight excluding hydrogens is 210 g/mol. The zero-order valence-corrected chi connectivity index (χ0v) is 11.4. The van der Waals surface area contributed by atoms with Gasteiger partial charge in [-0.25, -0.2) is 0 Å². The minimum atomic E-state index is -0.534. The van der Waals surface area contributed by atoms with Crippen molar-refractivity contribution in [2.24, 2.45) is 5.73 Å². The maximum absolute atomic E-state index is 11.5. The summed E-state index contributed by atoms with van der Waals surface area (Å²) in [6, 6.07) is -0.534. The summed E-state index contributed by atoms with van der Waals surface area (Å²) in [5, 5.41) is 0. The molecule has 4 heteroatoms. The van der Waals surface area contributed by atoms with Gasteiger partial charge >= 0.3 is 5.97 Å². The van der Waals surface area contributed by atoms with Crippen LogP contribution in [0.2, 0.25) is 0 Å². The Morgan fingerprint density at radius 2 is 1.73 bits per heavy atom. The van der Waals surface area contributed by atoms with E-state index in [4.69, 9.17) is 10.5 Å². The minimum Gasteiger partial charge on any atom is -0.459 e. The van der Waals surface area contributed by atoms with Gasteiger partial charge in [0.2, 0.25) is 0 Å². The van der Waals surface area contributed by atoms with Crippen molar-refractivity contribution in [1.29, 1.82) is 0 Å². The fraction of sp³-hybridized carbons (Fsp3) is 0.909. The number of nitrogens with two attached hydrogens (primary N) is 1. The third-order valence-electron chi connectivity index (χ3n) is 1.41. The first-order valence-electron chi connectivity index (χ1n) is 5.14. The summed E-state index contributed by atoms with van der Waals surface area (Å²) < 4.78 is 5.31. The molecule has 0 rings (SSSR count). The lowest BCUT2D eigenvalue weighted by molar-refractivity contribution is -0.155. The number of thioether (sulfide) groups is 1. The quantitative estimate of drug-likeness (QED) is 0.759. The smallest absolute Gasteiger partial charge is 0.324 e. The molecule has 0 radical (unpaired) electrons. The lowest BCUT2D eigenvalue weighted by Crippen LogP contribution is -2.39. The van der Waals surface area contributed by atoms with Crippen molar-refractivity contribution in [2.45, 2.75) is 57.9 Å². The van der Waals surface area contributed by atoms with E-state index in [-0.39, 0.29) is 10.7 Å². The van der Waals surface area contributed by atoms with Crippen LogP contribution in [-0.2, 0) is 9.53 Å². The molecule has 0 bridgehead atoms. The Kier molecular flexibility index (Phi) is 5.14. The molecule has 0 aliphatic carbocycles. The number of carbonyl (C=O) groups is 1. The molecule has 0 heterocycles. The molecule has 90 valence electrons. The Balaban J connectivity index is 4.01. The van der Waals surface area contributed by atoms with E-state index in [1.54, 1.807) is 11.8 Å². The minimum absolute atomic E-state index is 0.125. The van der Waals surface area contributed by atoms with Crippen LogP contribution in [0.4, 0.5) is 0 Å². The summed E-state index contributed by atoms with van der Waals surface area (Å²) in [5.74, 6) is 0.276. The number of ether oxygens (including phenoxy) is 1. The van der Waals surface area contributed by atoms with Crippen molar-refractivity contribution in [2.75, 3.05) is 5.75 Å². The standard InChI is InChI=1S/C11H23NO2S/c1-10(2,3)14-9(13)8(12)7-15-11(4,5)6/h8H,7,12H2,1-6H3. The second-order valence-electron chi connectivity index (χ2n) is 5.56. The fourth-order valence-corrected chi connectivity index (χ4v) is 1.60. The number of hydrogen-bond acceptors (Lipinski definition) is 4. The van der Waals surface area contributed by atoms with E-state index in [9.17, 15) is 4.79 Å². The molecule has 1 atom stereocenters. The van der Waals surface area contributed by atoms with Gasteiger partial charge in [0.15, 0.2) is 0 Å². The molecule has 0 fully saturated rings. The molecular formula is C11H23NO2S. The van der Waals surface area contributed by atoms with Crippen LogP contribution in [0.1, 0.15) is 41.5 Å². The summed E-state index contributed by atoms with van der Waals surface area (Å²) in [6.07, 6.45) is 0. The van der Waals surface area contributed by atoms with Gasteiger partial charge in [0, 0.05) is 10.5 Å². The van der Waals surface area contributed by atoms with Crippen LogP contribution in [0.3, 0.4) is 0 Å². The highest BCUT2D eigenvalue weighted by Crippen LogP contribution is 2.23. The Hall–Kier alpha value is -0.220. The monoisotopic (exact) mass is 233 g/mol. The summed E-state index contributed by atoms with van der Waals surface area (Å²) in [4.78, 5) is 11.5. The number of esters is 1. The molecule has 0 aliphatic heterocycles. The fourth-order valence-electron chi connectivity index (χ4n) is 0.785. The average molecular weight is 233 g/mol. The van der Waals surface area contributed by atoms with E-state index in [1.807, 2.05) is 20.8 Å². The van der Waals surface area contributed by atoms with Crippen LogP contribution in [0.15, 0.2) is 0 Å². The predicted molar refractivity (Wildman–Crippen MR) is 66.0 cm³/mol. The molecule has 0 amide bonds. The van der Waals surface area contributed by atoms with Crippen molar-refractivity contribution in [3.8, 4) is 0 Å². The zero-order chi connectivity index (χ0) is 12.3. The van der Waals surface area contributed by atoms with E-state index < -0.39 is 11.6 Å². The Bertz CT molecular complexity index is 216. The first-order chi connectivity index (χ1) is 6.51. The average Bonchev–Trinajstić information content (AvgIpc) is 1.95. The van der Waals surface area contributed by atoms with Gasteiger partial charge in [-0.05, 0) is 20.8 Å². The molecule has 0 saturated carbocycles. The molecule has 0 aromatic rings. The van der Waals surface area contributed by atoms with E-state index in [0.29, 0.717) is 5.75 Å². The molecule has 2 N–H and O–H groups in total. The molecule has 1 unspecified atom stereocenters. The molecule has 0 aliphatic rings. The Morgan fingerprint density at radius 3 is 2.07 bits per heavy atom. The van der Waals surface area contributed by atoms with Crippen LogP contribution in [0.25, 0.3) is 0 Å². The van der Waals surface area contributed by atoms with Gasteiger partial charge in [-0.1, -0.05) is 20.8 Å². The third kappa shape index (κ3) is 8.75. The zero-order valence-electron chi connectivity index (χ0n) is 10.6. The molecule has 3 nitrogen and oxygen atoms in total. The number of carbonyl (C=O) groups excluding carboxylic acids is 1. The third-order valence-corrected chi connectivity index (χ3v) is 2.80. The second-order valence-corrected chi connectivity index (χ2v) is 7.41. The predicted octanol–water partition coefficient (Wildman–Crippen LogP) is 2.19. The van der Waals surface area contributed by atoms with E-state index in [0.717, 1.165) is 0 Å².